The minimum atomic E-state index is -1.01. The number of benzene rings is 2. The number of carboxylic acid groups (broad SMARTS) is 1. The lowest BCUT2D eigenvalue weighted by molar-refractivity contribution is 0.0696. The van der Waals surface area contributed by atoms with Gasteiger partial charge in [0.05, 0.1) is 17.5 Å². The number of fused-ring (bicyclic) bond motifs is 1. The molecule has 0 saturated carbocycles. The molecule has 0 atom stereocenters. The van der Waals surface area contributed by atoms with Gasteiger partial charge < -0.3 is 14.1 Å². The van der Waals surface area contributed by atoms with Crippen LogP contribution in [0, 0.1) is 0 Å². The first-order chi connectivity index (χ1) is 14.0. The number of carbonyl (C=O) groups is 2. The van der Waals surface area contributed by atoms with Gasteiger partial charge in [0.15, 0.2) is 5.76 Å². The molecule has 8 heteroatoms. The van der Waals surface area contributed by atoms with Gasteiger partial charge in [0.2, 0.25) is 0 Å². The highest BCUT2D eigenvalue weighted by Gasteiger charge is 2.12. The minimum absolute atomic E-state index is 0.115. The maximum absolute atomic E-state index is 12.3. The van der Waals surface area contributed by atoms with E-state index in [-0.39, 0.29) is 11.3 Å². The Bertz CT molecular complexity index is 1260. The number of aromatic nitrogens is 1. The Morgan fingerprint density at radius 2 is 1.97 bits per heavy atom. The van der Waals surface area contributed by atoms with Crippen LogP contribution in [0.15, 0.2) is 76.4 Å². The quantitative estimate of drug-likeness (QED) is 0.380. The summed E-state index contributed by atoms with van der Waals surface area (Å²) in [6.07, 6.45) is 3.23. The Kier molecular flexibility index (Phi) is 4.88. The van der Waals surface area contributed by atoms with Crippen LogP contribution in [0.1, 0.15) is 26.6 Å². The minimum Gasteiger partial charge on any atom is -0.478 e. The molecule has 29 heavy (non-hydrogen) atoms. The Hall–Kier alpha value is -3.84. The summed E-state index contributed by atoms with van der Waals surface area (Å²) in [6.45, 7) is 0. The van der Waals surface area contributed by atoms with Crippen molar-refractivity contribution < 1.29 is 19.1 Å². The lowest BCUT2D eigenvalue weighted by atomic mass is 10.2. The number of rotatable bonds is 5. The Labute approximate surface area is 169 Å². The molecule has 0 radical (unpaired) electrons. The number of nitrogens with zero attached hydrogens (tertiary/aromatic N) is 2. The molecule has 7 nitrogen and oxygen atoms in total. The molecule has 0 spiro atoms. The van der Waals surface area contributed by atoms with Crippen LogP contribution < -0.4 is 5.43 Å². The van der Waals surface area contributed by atoms with Gasteiger partial charge in [-0.2, -0.15) is 5.10 Å². The molecule has 2 aromatic heterocycles. The second-order valence-corrected chi connectivity index (χ2v) is 6.59. The highest BCUT2D eigenvalue weighted by molar-refractivity contribution is 6.31. The summed E-state index contributed by atoms with van der Waals surface area (Å²) in [5.74, 6) is -1.39. The summed E-state index contributed by atoms with van der Waals surface area (Å²) in [5.41, 5.74) is 4.47. The molecular weight excluding hydrogens is 394 g/mol. The van der Waals surface area contributed by atoms with Gasteiger partial charge in [-0.1, -0.05) is 17.7 Å². The highest BCUT2D eigenvalue weighted by atomic mass is 35.5. The molecule has 2 aromatic carbocycles. The number of hydrogen-bond acceptors (Lipinski definition) is 4. The van der Waals surface area contributed by atoms with Gasteiger partial charge in [-0.3, -0.25) is 4.79 Å². The van der Waals surface area contributed by atoms with Crippen molar-refractivity contribution in [1.82, 2.24) is 9.99 Å². The van der Waals surface area contributed by atoms with Gasteiger partial charge >= 0.3 is 11.9 Å². The molecular formula is C21H14ClN3O4. The van der Waals surface area contributed by atoms with Crippen molar-refractivity contribution >= 4 is 40.7 Å². The van der Waals surface area contributed by atoms with Crippen LogP contribution in [0.4, 0.5) is 0 Å². The number of furan rings is 1. The fraction of sp³-hybridized carbons (Fsp3) is 0. The third kappa shape index (κ3) is 3.90. The van der Waals surface area contributed by atoms with E-state index in [0.29, 0.717) is 22.0 Å². The summed E-state index contributed by atoms with van der Waals surface area (Å²) in [7, 11) is 0. The van der Waals surface area contributed by atoms with Crippen molar-refractivity contribution in [3.8, 4) is 5.69 Å². The summed E-state index contributed by atoms with van der Waals surface area (Å²) >= 11 is 5.94. The molecule has 2 N–H and O–H groups in total. The number of amides is 1. The lowest BCUT2D eigenvalue weighted by Gasteiger charge is -2.07. The second-order valence-electron chi connectivity index (χ2n) is 6.15. The van der Waals surface area contributed by atoms with Crippen molar-refractivity contribution in [3.05, 3.63) is 88.9 Å². The van der Waals surface area contributed by atoms with E-state index in [9.17, 15) is 9.59 Å². The number of halogens is 1. The van der Waals surface area contributed by atoms with Crippen LogP contribution >= 0.6 is 11.6 Å². The topological polar surface area (TPSA) is 96.8 Å². The van der Waals surface area contributed by atoms with Gasteiger partial charge in [-0.25, -0.2) is 10.2 Å². The molecule has 0 saturated heterocycles. The third-order valence-corrected chi connectivity index (χ3v) is 4.45. The van der Waals surface area contributed by atoms with Crippen LogP contribution in [0.3, 0.4) is 0 Å². The molecule has 0 unspecified atom stereocenters. The normalized spacial score (nSPS) is 11.2. The molecule has 0 aliphatic rings. The first-order valence-corrected chi connectivity index (χ1v) is 8.93. The zero-order chi connectivity index (χ0) is 20.4. The van der Waals surface area contributed by atoms with Gasteiger partial charge in [-0.15, -0.1) is 0 Å². The summed E-state index contributed by atoms with van der Waals surface area (Å²) < 4.78 is 7.25. The van der Waals surface area contributed by atoms with Crippen LogP contribution in [0.5, 0.6) is 0 Å². The molecule has 4 aromatic rings. The smallest absolute Gasteiger partial charge is 0.335 e. The molecule has 4 rings (SSSR count). The zero-order valence-electron chi connectivity index (χ0n) is 14.9. The Balaban J connectivity index is 1.51. The number of carboxylic acids is 1. The number of carbonyl (C=O) groups excluding carboxylic acids is 1. The van der Waals surface area contributed by atoms with E-state index in [0.717, 1.165) is 5.39 Å². The lowest BCUT2D eigenvalue weighted by Crippen LogP contribution is -2.17. The molecule has 0 aliphatic carbocycles. The van der Waals surface area contributed by atoms with E-state index < -0.39 is 11.9 Å². The molecule has 0 bridgehead atoms. The van der Waals surface area contributed by atoms with E-state index >= 15 is 0 Å². The van der Waals surface area contributed by atoms with E-state index in [1.807, 2.05) is 0 Å². The molecule has 0 aliphatic heterocycles. The summed E-state index contributed by atoms with van der Waals surface area (Å²) in [4.78, 5) is 23.5. The van der Waals surface area contributed by atoms with Crippen LogP contribution in [-0.2, 0) is 0 Å². The standard InChI is InChI=1S/C21H14ClN3O4/c22-15-6-7-18-14(9-15)11-19(29-18)20(26)24-23-12-17-5-2-8-25(17)16-4-1-3-13(10-16)21(27)28/h1-12H,(H,24,26)(H,27,28)/b23-12+. The van der Waals surface area contributed by atoms with Crippen molar-refractivity contribution in [1.29, 1.82) is 0 Å². The molecule has 2 heterocycles. The number of hydrazone groups is 1. The average Bonchev–Trinajstić information content (AvgIpc) is 3.34. The van der Waals surface area contributed by atoms with E-state index in [4.69, 9.17) is 21.1 Å². The molecule has 1 amide bonds. The van der Waals surface area contributed by atoms with Gasteiger partial charge in [0.1, 0.15) is 5.58 Å². The third-order valence-electron chi connectivity index (χ3n) is 4.22. The summed E-state index contributed by atoms with van der Waals surface area (Å²) in [6, 6.07) is 16.8. The van der Waals surface area contributed by atoms with Crippen molar-refractivity contribution in [2.24, 2.45) is 5.10 Å². The van der Waals surface area contributed by atoms with Crippen molar-refractivity contribution in [3.63, 3.8) is 0 Å². The zero-order valence-corrected chi connectivity index (χ0v) is 15.6. The second kappa shape index (κ2) is 7.65. The highest BCUT2D eigenvalue weighted by Crippen LogP contribution is 2.23. The van der Waals surface area contributed by atoms with E-state index in [1.165, 1.54) is 12.3 Å². The van der Waals surface area contributed by atoms with Crippen LogP contribution in [-0.4, -0.2) is 27.8 Å². The predicted octanol–water partition coefficient (Wildman–Crippen LogP) is 4.34. The SMILES string of the molecule is O=C(O)c1cccc(-n2cccc2/C=N/NC(=O)c2cc3cc(Cl)ccc3o2)c1. The fourth-order valence-corrected chi connectivity index (χ4v) is 3.04. The predicted molar refractivity (Wildman–Crippen MR) is 109 cm³/mol. The maximum Gasteiger partial charge on any atom is 0.335 e. The number of hydrogen-bond donors (Lipinski definition) is 2. The van der Waals surface area contributed by atoms with E-state index in [2.05, 4.69) is 10.5 Å². The monoisotopic (exact) mass is 407 g/mol. The van der Waals surface area contributed by atoms with Crippen LogP contribution in [0.25, 0.3) is 16.7 Å². The Morgan fingerprint density at radius 3 is 2.79 bits per heavy atom. The largest absolute Gasteiger partial charge is 0.478 e. The summed E-state index contributed by atoms with van der Waals surface area (Å²) in [5, 5.41) is 14.4. The number of nitrogens with one attached hydrogen (secondary N) is 1. The molecule has 144 valence electrons. The van der Waals surface area contributed by atoms with Crippen LogP contribution in [0.2, 0.25) is 5.02 Å². The van der Waals surface area contributed by atoms with Gasteiger partial charge in [0.25, 0.3) is 0 Å². The first-order valence-electron chi connectivity index (χ1n) is 8.55. The van der Waals surface area contributed by atoms with Crippen molar-refractivity contribution in [2.45, 2.75) is 0 Å². The maximum atomic E-state index is 12.3. The molecule has 0 fully saturated rings. The fourth-order valence-electron chi connectivity index (χ4n) is 2.86. The van der Waals surface area contributed by atoms with Crippen molar-refractivity contribution in [2.75, 3.05) is 0 Å². The average molecular weight is 408 g/mol. The first kappa shape index (κ1) is 18.5. The van der Waals surface area contributed by atoms with Gasteiger partial charge in [-0.05, 0) is 54.6 Å². The Morgan fingerprint density at radius 1 is 1.10 bits per heavy atom. The van der Waals surface area contributed by atoms with E-state index in [1.54, 1.807) is 65.4 Å². The number of aromatic carboxylic acids is 1. The van der Waals surface area contributed by atoms with Gasteiger partial charge in [0, 0.05) is 22.3 Å².